The fourth-order valence-electron chi connectivity index (χ4n) is 3.01. The van der Waals surface area contributed by atoms with Crippen LogP contribution in [0.15, 0.2) is 53.4 Å². The first-order valence-electron chi connectivity index (χ1n) is 9.40. The molecule has 1 aliphatic rings. The van der Waals surface area contributed by atoms with Crippen molar-refractivity contribution in [1.29, 1.82) is 0 Å². The Labute approximate surface area is 189 Å². The number of non-ortho nitro benzene ring substituents is 1. The average Bonchev–Trinajstić information content (AvgIpc) is 3.00. The normalized spacial score (nSPS) is 14.5. The van der Waals surface area contributed by atoms with Gasteiger partial charge in [0.1, 0.15) is 0 Å². The molecule has 1 heterocycles. The number of hydrogen-bond acceptors (Lipinski definition) is 7. The summed E-state index contributed by atoms with van der Waals surface area (Å²) >= 11 is -0.345. The van der Waals surface area contributed by atoms with Gasteiger partial charge in [0, 0.05) is 23.4 Å². The monoisotopic (exact) mass is 480 g/mol. The molecule has 0 aromatic heterocycles. The molecule has 1 atom stereocenters. The van der Waals surface area contributed by atoms with E-state index in [1.54, 1.807) is 0 Å². The summed E-state index contributed by atoms with van der Waals surface area (Å²) in [4.78, 5) is 48.3. The van der Waals surface area contributed by atoms with Crippen LogP contribution in [0.1, 0.15) is 39.6 Å². The van der Waals surface area contributed by atoms with E-state index in [-0.39, 0.29) is 39.8 Å². The maximum atomic E-state index is 12.9. The van der Waals surface area contributed by atoms with E-state index in [0.717, 1.165) is 24.3 Å². The van der Waals surface area contributed by atoms with Crippen molar-refractivity contribution in [2.45, 2.75) is 30.0 Å². The van der Waals surface area contributed by atoms with Crippen molar-refractivity contribution in [2.24, 2.45) is 0 Å². The van der Waals surface area contributed by atoms with Crippen molar-refractivity contribution in [3.05, 3.63) is 75.3 Å². The Kier molecular flexibility index (Phi) is 6.86. The Morgan fingerprint density at radius 1 is 1.18 bits per heavy atom. The van der Waals surface area contributed by atoms with Crippen molar-refractivity contribution < 1.29 is 37.2 Å². The maximum absolute atomic E-state index is 12.9. The molecule has 33 heavy (non-hydrogen) atoms. The van der Waals surface area contributed by atoms with Gasteiger partial charge < -0.3 is 4.74 Å². The van der Waals surface area contributed by atoms with Gasteiger partial charge in [0.2, 0.25) is 6.23 Å². The molecule has 8 nitrogen and oxygen atoms in total. The first-order valence-corrected chi connectivity index (χ1v) is 10.2. The van der Waals surface area contributed by atoms with Gasteiger partial charge in [-0.3, -0.25) is 24.5 Å². The van der Waals surface area contributed by atoms with Gasteiger partial charge in [-0.1, -0.05) is 31.2 Å². The van der Waals surface area contributed by atoms with Gasteiger partial charge in [-0.05, 0) is 35.5 Å². The van der Waals surface area contributed by atoms with Crippen molar-refractivity contribution in [2.75, 3.05) is 0 Å². The molecular weight excluding hydrogens is 465 g/mol. The summed E-state index contributed by atoms with van der Waals surface area (Å²) in [5, 5.41) is 11.0. The number of imide groups is 1. The van der Waals surface area contributed by atoms with Crippen LogP contribution in [-0.4, -0.2) is 39.3 Å². The molecule has 0 spiro atoms. The molecule has 0 saturated carbocycles. The number of halogens is 3. The lowest BCUT2D eigenvalue weighted by molar-refractivity contribution is -0.384. The second kappa shape index (κ2) is 9.45. The summed E-state index contributed by atoms with van der Waals surface area (Å²) in [6, 6.07) is 8.64. The summed E-state index contributed by atoms with van der Waals surface area (Å²) in [5.41, 5.74) is -5.20. The Balaban J connectivity index is 1.98. The number of nitro benzene ring substituents is 1. The number of hydrogen-bond donors (Lipinski definition) is 0. The molecule has 0 bridgehead atoms. The number of carbonyl (C=O) groups is 3. The molecule has 0 radical (unpaired) electrons. The lowest BCUT2D eigenvalue weighted by Crippen LogP contribution is -2.41. The van der Waals surface area contributed by atoms with Crippen LogP contribution in [0.2, 0.25) is 0 Å². The van der Waals surface area contributed by atoms with Gasteiger partial charge in [-0.2, -0.15) is 13.2 Å². The van der Waals surface area contributed by atoms with Crippen molar-refractivity contribution in [1.82, 2.24) is 4.90 Å². The predicted molar refractivity (Wildman–Crippen MR) is 111 cm³/mol. The van der Waals surface area contributed by atoms with Gasteiger partial charge in [-0.25, -0.2) is 4.90 Å². The Morgan fingerprint density at radius 2 is 1.85 bits per heavy atom. The molecule has 2 amide bonds. The van der Waals surface area contributed by atoms with Crippen LogP contribution in [0.3, 0.4) is 0 Å². The van der Waals surface area contributed by atoms with Gasteiger partial charge in [0.15, 0.2) is 0 Å². The molecule has 0 aliphatic carbocycles. The number of benzene rings is 2. The number of alkyl halides is 3. The van der Waals surface area contributed by atoms with E-state index in [0.29, 0.717) is 4.90 Å². The minimum absolute atomic E-state index is 0.0977. The van der Waals surface area contributed by atoms with E-state index in [2.05, 4.69) is 0 Å². The quantitative estimate of drug-likeness (QED) is 0.184. The van der Waals surface area contributed by atoms with Crippen LogP contribution >= 0.6 is 11.8 Å². The Hall–Kier alpha value is -3.67. The number of fused-ring (bicyclic) bond motifs is 1. The zero-order chi connectivity index (χ0) is 24.3. The van der Waals surface area contributed by atoms with E-state index in [1.807, 2.05) is 0 Å². The van der Waals surface area contributed by atoms with Crippen LogP contribution in [0.4, 0.5) is 18.9 Å². The largest absolute Gasteiger partial charge is 0.446 e. The van der Waals surface area contributed by atoms with E-state index >= 15 is 0 Å². The number of amides is 2. The first kappa shape index (κ1) is 24.0. The smallest absolute Gasteiger partial charge is 0.437 e. The number of rotatable bonds is 7. The second-order valence-corrected chi connectivity index (χ2v) is 7.75. The predicted octanol–water partition coefficient (Wildman–Crippen LogP) is 4.80. The molecule has 0 saturated heterocycles. The van der Waals surface area contributed by atoms with Gasteiger partial charge in [0.05, 0.1) is 16.1 Å². The lowest BCUT2D eigenvalue weighted by atomic mass is 10.1. The first-order chi connectivity index (χ1) is 15.5. The lowest BCUT2D eigenvalue weighted by Gasteiger charge is -2.23. The van der Waals surface area contributed by atoms with Crippen molar-refractivity contribution >= 4 is 41.3 Å². The third kappa shape index (κ3) is 5.40. The summed E-state index contributed by atoms with van der Waals surface area (Å²) < 4.78 is 43.7. The van der Waals surface area contributed by atoms with E-state index in [9.17, 15) is 37.7 Å². The topological polar surface area (TPSA) is 107 Å². The van der Waals surface area contributed by atoms with Crippen LogP contribution in [-0.2, 0) is 9.53 Å². The summed E-state index contributed by atoms with van der Waals surface area (Å²) in [6.45, 7) is 1.48. The fraction of sp³-hybridized carbons (Fsp3) is 0.190. The highest BCUT2D eigenvalue weighted by Crippen LogP contribution is 2.39. The minimum Gasteiger partial charge on any atom is -0.437 e. The molecular formula is C21H15F3N2O6S. The number of esters is 1. The fourth-order valence-corrected chi connectivity index (χ4v) is 3.66. The van der Waals surface area contributed by atoms with E-state index in [1.165, 1.54) is 37.3 Å². The van der Waals surface area contributed by atoms with Crippen LogP contribution in [0.25, 0.3) is 6.08 Å². The molecule has 1 aliphatic heterocycles. The summed E-state index contributed by atoms with van der Waals surface area (Å²) in [7, 11) is 0. The number of nitrogens with zero attached hydrogens (tertiary/aromatic N) is 2. The Morgan fingerprint density at radius 3 is 2.48 bits per heavy atom. The van der Waals surface area contributed by atoms with Gasteiger partial charge >= 0.3 is 11.5 Å². The number of ether oxygens (including phenoxy) is 1. The van der Waals surface area contributed by atoms with E-state index in [4.69, 9.17) is 4.74 Å². The second-order valence-electron chi connectivity index (χ2n) is 6.65. The van der Waals surface area contributed by atoms with Crippen molar-refractivity contribution in [3.8, 4) is 0 Å². The Bertz CT molecular complexity index is 1160. The average molecular weight is 480 g/mol. The zero-order valence-corrected chi connectivity index (χ0v) is 17.7. The molecule has 2 aromatic carbocycles. The molecule has 0 N–H and O–H groups in total. The van der Waals surface area contributed by atoms with E-state index < -0.39 is 40.1 Å². The molecule has 12 heteroatoms. The van der Waals surface area contributed by atoms with Gasteiger partial charge in [0.25, 0.3) is 17.5 Å². The van der Waals surface area contributed by atoms with Crippen LogP contribution in [0, 0.1) is 10.1 Å². The summed E-state index contributed by atoms with van der Waals surface area (Å²) in [5.74, 6) is -2.57. The number of thioether (sulfide) groups is 1. The standard InChI is InChI=1S/C21H15F3N2O6S/c1-2-18(27)32-17(10-7-12-5-3-4-6-16(12)33-21(22,23)24)25-19(28)14-9-8-13(26(30)31)11-15(14)20(25)29/h3-11,17H,2H2,1H3. The molecule has 3 rings (SSSR count). The molecule has 0 fully saturated rings. The maximum Gasteiger partial charge on any atom is 0.446 e. The third-order valence-electron chi connectivity index (χ3n) is 4.49. The molecule has 172 valence electrons. The van der Waals surface area contributed by atoms with Crippen molar-refractivity contribution in [3.63, 3.8) is 0 Å². The van der Waals surface area contributed by atoms with Crippen LogP contribution < -0.4 is 0 Å². The number of carbonyl (C=O) groups excluding carboxylic acids is 3. The highest BCUT2D eigenvalue weighted by Gasteiger charge is 2.41. The number of nitro groups is 1. The third-order valence-corrected chi connectivity index (χ3v) is 5.32. The van der Waals surface area contributed by atoms with Gasteiger partial charge in [-0.15, -0.1) is 0 Å². The highest BCUT2D eigenvalue weighted by molar-refractivity contribution is 8.00. The highest BCUT2D eigenvalue weighted by atomic mass is 32.2. The summed E-state index contributed by atoms with van der Waals surface area (Å²) in [6.07, 6.45) is 0.639. The molecule has 2 aromatic rings. The SMILES string of the molecule is CCC(=O)OC(C=Cc1ccccc1SC(F)(F)F)N1C(=O)c2ccc([N+](=O)[O-])cc2C1=O. The minimum atomic E-state index is -4.55. The molecule has 1 unspecified atom stereocenters. The zero-order valence-electron chi connectivity index (χ0n) is 16.9. The van der Waals surface area contributed by atoms with Crippen LogP contribution in [0.5, 0.6) is 0 Å².